The van der Waals surface area contributed by atoms with Crippen molar-refractivity contribution in [2.24, 2.45) is 0 Å². The number of aromatic amines is 1. The molecule has 108 valence electrons. The second-order valence-electron chi connectivity index (χ2n) is 5.93. The number of fused-ring (bicyclic) bond motifs is 1. The Morgan fingerprint density at radius 2 is 2.05 bits per heavy atom. The third-order valence-electron chi connectivity index (χ3n) is 4.66. The molecule has 0 bridgehead atoms. The van der Waals surface area contributed by atoms with Gasteiger partial charge >= 0.3 is 0 Å². The van der Waals surface area contributed by atoms with E-state index in [0.29, 0.717) is 4.75 Å². The fourth-order valence-electron chi connectivity index (χ4n) is 3.39. The molecule has 0 amide bonds. The number of imidazole rings is 1. The third kappa shape index (κ3) is 2.44. The molecular formula is C16H22N2S2. The first-order chi connectivity index (χ1) is 9.65. The van der Waals surface area contributed by atoms with Crippen molar-refractivity contribution < 1.29 is 0 Å². The standard InChI is InChI=1S/C16H22N2S2/c1-12-7-6-8-13-14(12)17-15(19)18(13)11-16(20-2)9-4-3-5-10-16/h6-8H,3-5,9-11H2,1-2H3,(H,17,19). The first-order valence-corrected chi connectivity index (χ1v) is 9.02. The molecule has 1 heterocycles. The molecule has 0 saturated heterocycles. The largest absolute Gasteiger partial charge is 0.330 e. The summed E-state index contributed by atoms with van der Waals surface area (Å²) in [5, 5.41) is 0. The maximum Gasteiger partial charge on any atom is 0.178 e. The molecule has 0 aliphatic heterocycles. The van der Waals surface area contributed by atoms with E-state index in [1.54, 1.807) is 0 Å². The van der Waals surface area contributed by atoms with Crippen LogP contribution in [0, 0.1) is 11.7 Å². The predicted molar refractivity (Wildman–Crippen MR) is 91.2 cm³/mol. The van der Waals surface area contributed by atoms with Crippen molar-refractivity contribution in [2.45, 2.75) is 50.3 Å². The van der Waals surface area contributed by atoms with Crippen LogP contribution in [-0.4, -0.2) is 20.6 Å². The van der Waals surface area contributed by atoms with Gasteiger partial charge in [0.05, 0.1) is 11.0 Å². The topological polar surface area (TPSA) is 20.7 Å². The number of para-hydroxylation sites is 1. The van der Waals surface area contributed by atoms with Gasteiger partial charge in [0.25, 0.3) is 0 Å². The highest BCUT2D eigenvalue weighted by Crippen LogP contribution is 2.40. The van der Waals surface area contributed by atoms with Crippen LogP contribution in [0.4, 0.5) is 0 Å². The second-order valence-corrected chi connectivity index (χ2v) is 7.59. The predicted octanol–water partition coefficient (Wildman–Crippen LogP) is 5.07. The summed E-state index contributed by atoms with van der Waals surface area (Å²) in [5.74, 6) is 0. The van der Waals surface area contributed by atoms with Crippen molar-refractivity contribution in [1.29, 1.82) is 0 Å². The fraction of sp³-hybridized carbons (Fsp3) is 0.562. The Balaban J connectivity index is 2.04. The second kappa shape index (κ2) is 5.57. The molecule has 2 aromatic rings. The van der Waals surface area contributed by atoms with E-state index in [9.17, 15) is 0 Å². The van der Waals surface area contributed by atoms with Crippen LogP contribution >= 0.6 is 24.0 Å². The minimum Gasteiger partial charge on any atom is -0.330 e. The fourth-order valence-corrected chi connectivity index (χ4v) is 4.61. The number of aromatic nitrogens is 2. The Bertz CT molecular complexity index is 663. The Kier molecular flexibility index (Phi) is 3.95. The summed E-state index contributed by atoms with van der Waals surface area (Å²) in [6.45, 7) is 3.18. The highest BCUT2D eigenvalue weighted by molar-refractivity contribution is 8.00. The van der Waals surface area contributed by atoms with Gasteiger partial charge in [0.15, 0.2) is 4.77 Å². The molecule has 1 aromatic carbocycles. The monoisotopic (exact) mass is 306 g/mol. The summed E-state index contributed by atoms with van der Waals surface area (Å²) in [6, 6.07) is 6.46. The van der Waals surface area contributed by atoms with E-state index in [0.717, 1.165) is 11.3 Å². The SMILES string of the molecule is CSC1(Cn2c(=S)[nH]c3c(C)cccc32)CCCCC1. The summed E-state index contributed by atoms with van der Waals surface area (Å²) in [6.07, 6.45) is 8.99. The van der Waals surface area contributed by atoms with E-state index < -0.39 is 0 Å². The van der Waals surface area contributed by atoms with Crippen LogP contribution in [0.3, 0.4) is 0 Å². The molecule has 0 unspecified atom stereocenters. The Morgan fingerprint density at radius 3 is 2.75 bits per heavy atom. The van der Waals surface area contributed by atoms with Gasteiger partial charge < -0.3 is 9.55 Å². The van der Waals surface area contributed by atoms with E-state index >= 15 is 0 Å². The van der Waals surface area contributed by atoms with Crippen LogP contribution in [0.2, 0.25) is 0 Å². The highest BCUT2D eigenvalue weighted by atomic mass is 32.2. The lowest BCUT2D eigenvalue weighted by Crippen LogP contribution is -2.33. The van der Waals surface area contributed by atoms with Gasteiger partial charge in [0.2, 0.25) is 0 Å². The number of nitrogens with zero attached hydrogens (tertiary/aromatic N) is 1. The van der Waals surface area contributed by atoms with Crippen molar-refractivity contribution in [1.82, 2.24) is 9.55 Å². The van der Waals surface area contributed by atoms with Crippen molar-refractivity contribution in [3.05, 3.63) is 28.5 Å². The van der Waals surface area contributed by atoms with E-state index in [2.05, 4.69) is 40.9 Å². The number of thioether (sulfide) groups is 1. The van der Waals surface area contributed by atoms with E-state index in [-0.39, 0.29) is 0 Å². The van der Waals surface area contributed by atoms with Crippen LogP contribution in [0.5, 0.6) is 0 Å². The number of benzene rings is 1. The van der Waals surface area contributed by atoms with Gasteiger partial charge in [0, 0.05) is 11.3 Å². The molecule has 1 fully saturated rings. The summed E-state index contributed by atoms with van der Waals surface area (Å²) in [5.41, 5.74) is 3.73. The maximum atomic E-state index is 5.58. The number of aryl methyl sites for hydroxylation is 1. The van der Waals surface area contributed by atoms with Gasteiger partial charge in [-0.2, -0.15) is 11.8 Å². The number of hydrogen-bond donors (Lipinski definition) is 1. The number of nitrogens with one attached hydrogen (secondary N) is 1. The summed E-state index contributed by atoms with van der Waals surface area (Å²) in [4.78, 5) is 3.39. The van der Waals surface area contributed by atoms with Crippen LogP contribution in [0.15, 0.2) is 18.2 Å². The van der Waals surface area contributed by atoms with Gasteiger partial charge in [0.1, 0.15) is 0 Å². The Morgan fingerprint density at radius 1 is 1.30 bits per heavy atom. The molecule has 2 nitrogen and oxygen atoms in total. The van der Waals surface area contributed by atoms with Crippen molar-refractivity contribution >= 4 is 35.0 Å². The summed E-state index contributed by atoms with van der Waals surface area (Å²) >= 11 is 7.61. The molecule has 1 aliphatic rings. The molecule has 20 heavy (non-hydrogen) atoms. The molecule has 4 heteroatoms. The number of hydrogen-bond acceptors (Lipinski definition) is 2. The molecule has 1 saturated carbocycles. The number of H-pyrrole nitrogens is 1. The van der Waals surface area contributed by atoms with Crippen molar-refractivity contribution in [2.75, 3.05) is 6.26 Å². The van der Waals surface area contributed by atoms with Crippen LogP contribution in [-0.2, 0) is 6.54 Å². The molecule has 1 aromatic heterocycles. The average molecular weight is 307 g/mol. The summed E-state index contributed by atoms with van der Waals surface area (Å²) < 4.78 is 3.56. The Labute approximate surface area is 130 Å². The molecule has 1 aliphatic carbocycles. The zero-order valence-electron chi connectivity index (χ0n) is 12.2. The van der Waals surface area contributed by atoms with Crippen LogP contribution < -0.4 is 0 Å². The molecule has 1 N–H and O–H groups in total. The van der Waals surface area contributed by atoms with Gasteiger partial charge in [-0.25, -0.2) is 0 Å². The minimum atomic E-state index is 0.370. The van der Waals surface area contributed by atoms with Crippen molar-refractivity contribution in [3.8, 4) is 0 Å². The van der Waals surface area contributed by atoms with Gasteiger partial charge in [-0.3, -0.25) is 0 Å². The minimum absolute atomic E-state index is 0.370. The van der Waals surface area contributed by atoms with Crippen LogP contribution in [0.25, 0.3) is 11.0 Å². The quantitative estimate of drug-likeness (QED) is 0.799. The van der Waals surface area contributed by atoms with E-state index in [4.69, 9.17) is 12.2 Å². The zero-order valence-corrected chi connectivity index (χ0v) is 13.9. The third-order valence-corrected chi connectivity index (χ3v) is 6.39. The Hall–Kier alpha value is -0.740. The smallest absolute Gasteiger partial charge is 0.178 e. The lowest BCUT2D eigenvalue weighted by Gasteiger charge is -2.36. The lowest BCUT2D eigenvalue weighted by molar-refractivity contribution is 0.360. The number of rotatable bonds is 3. The van der Waals surface area contributed by atoms with Gasteiger partial charge in [-0.05, 0) is 49.9 Å². The zero-order chi connectivity index (χ0) is 14.2. The molecule has 3 rings (SSSR count). The first-order valence-electron chi connectivity index (χ1n) is 7.38. The first kappa shape index (κ1) is 14.2. The lowest BCUT2D eigenvalue weighted by atomic mass is 9.88. The van der Waals surface area contributed by atoms with Gasteiger partial charge in [-0.1, -0.05) is 31.4 Å². The molecule has 0 atom stereocenters. The molecular weight excluding hydrogens is 284 g/mol. The molecule has 0 spiro atoms. The summed E-state index contributed by atoms with van der Waals surface area (Å²) in [7, 11) is 0. The molecule has 0 radical (unpaired) electrons. The van der Waals surface area contributed by atoms with E-state index in [1.807, 2.05) is 11.8 Å². The van der Waals surface area contributed by atoms with Crippen LogP contribution in [0.1, 0.15) is 37.7 Å². The normalized spacial score (nSPS) is 18.5. The van der Waals surface area contributed by atoms with Gasteiger partial charge in [-0.15, -0.1) is 0 Å². The highest BCUT2D eigenvalue weighted by Gasteiger charge is 2.32. The van der Waals surface area contributed by atoms with E-state index in [1.165, 1.54) is 48.7 Å². The average Bonchev–Trinajstić information content (AvgIpc) is 2.78. The maximum absolute atomic E-state index is 5.58. The van der Waals surface area contributed by atoms with Crippen molar-refractivity contribution in [3.63, 3.8) is 0 Å².